The molecule has 2 fully saturated rings. The summed E-state index contributed by atoms with van der Waals surface area (Å²) in [6.45, 7) is 5.71. The quantitative estimate of drug-likeness (QED) is 0.772. The van der Waals surface area contributed by atoms with Crippen molar-refractivity contribution in [1.82, 2.24) is 10.6 Å². The minimum absolute atomic E-state index is 0.123. The summed E-state index contributed by atoms with van der Waals surface area (Å²) < 4.78 is 5.33. The number of rotatable bonds is 4. The maximum atomic E-state index is 11.9. The van der Waals surface area contributed by atoms with Gasteiger partial charge in [-0.3, -0.25) is 4.79 Å². The zero-order valence-corrected chi connectivity index (χ0v) is 10.8. The highest BCUT2D eigenvalue weighted by atomic mass is 16.5. The second-order valence-electron chi connectivity index (χ2n) is 5.66. The summed E-state index contributed by atoms with van der Waals surface area (Å²) in [6, 6.07) is 0. The van der Waals surface area contributed by atoms with E-state index in [-0.39, 0.29) is 11.4 Å². The average Bonchev–Trinajstić information content (AvgIpc) is 2.74. The predicted octanol–water partition coefficient (Wildman–Crippen LogP) is 1.06. The molecule has 98 valence electrons. The average molecular weight is 240 g/mol. The van der Waals surface area contributed by atoms with E-state index in [1.807, 2.05) is 0 Å². The summed E-state index contributed by atoms with van der Waals surface area (Å²) in [5.74, 6) is 0.866. The van der Waals surface area contributed by atoms with Crippen LogP contribution in [-0.2, 0) is 9.53 Å². The van der Waals surface area contributed by atoms with Crippen LogP contribution in [0.5, 0.6) is 0 Å². The van der Waals surface area contributed by atoms with E-state index < -0.39 is 0 Å². The van der Waals surface area contributed by atoms with E-state index in [1.165, 1.54) is 12.8 Å². The van der Waals surface area contributed by atoms with Crippen LogP contribution in [0.15, 0.2) is 0 Å². The smallest absolute Gasteiger partial charge is 0.220 e. The van der Waals surface area contributed by atoms with Crippen molar-refractivity contribution in [2.24, 2.45) is 5.92 Å². The minimum atomic E-state index is -0.123. The first-order valence-corrected chi connectivity index (χ1v) is 6.77. The van der Waals surface area contributed by atoms with Crippen LogP contribution in [0.4, 0.5) is 0 Å². The Morgan fingerprint density at radius 2 is 2.47 bits per heavy atom. The molecule has 2 heterocycles. The van der Waals surface area contributed by atoms with Crippen molar-refractivity contribution < 1.29 is 9.53 Å². The van der Waals surface area contributed by atoms with Crippen molar-refractivity contribution in [3.63, 3.8) is 0 Å². The van der Waals surface area contributed by atoms with Crippen molar-refractivity contribution >= 4 is 5.91 Å². The number of piperidine rings is 1. The molecule has 0 spiro atoms. The molecular weight excluding hydrogens is 216 g/mol. The fraction of sp³-hybridized carbons (Fsp3) is 0.923. The van der Waals surface area contributed by atoms with Gasteiger partial charge in [-0.1, -0.05) is 0 Å². The molecule has 1 amide bonds. The molecule has 0 aromatic carbocycles. The van der Waals surface area contributed by atoms with Gasteiger partial charge >= 0.3 is 0 Å². The summed E-state index contributed by atoms with van der Waals surface area (Å²) in [5.41, 5.74) is -0.123. The molecule has 0 saturated carbocycles. The van der Waals surface area contributed by atoms with E-state index in [1.54, 1.807) is 0 Å². The van der Waals surface area contributed by atoms with Crippen LogP contribution in [0.2, 0.25) is 0 Å². The Hall–Kier alpha value is -0.610. The summed E-state index contributed by atoms with van der Waals surface area (Å²) in [4.78, 5) is 11.9. The molecule has 0 radical (unpaired) electrons. The van der Waals surface area contributed by atoms with Gasteiger partial charge in [0, 0.05) is 13.0 Å². The van der Waals surface area contributed by atoms with Gasteiger partial charge in [0.15, 0.2) is 0 Å². The van der Waals surface area contributed by atoms with Gasteiger partial charge in [0.25, 0.3) is 0 Å². The zero-order chi connectivity index (χ0) is 12.1. The van der Waals surface area contributed by atoms with Gasteiger partial charge in [-0.05, 0) is 51.6 Å². The van der Waals surface area contributed by atoms with Gasteiger partial charge in [-0.15, -0.1) is 0 Å². The standard InChI is InChI=1S/C13H24N2O2/c1-13(6-8-17-10-13)15-12(16)5-4-11-3-2-7-14-9-11/h11,14H,2-10H2,1H3,(H,15,16). The molecule has 4 heteroatoms. The first-order chi connectivity index (χ1) is 8.18. The number of ether oxygens (including phenoxy) is 1. The third-order valence-corrected chi connectivity index (χ3v) is 3.84. The normalized spacial score (nSPS) is 33.6. The lowest BCUT2D eigenvalue weighted by molar-refractivity contribution is -0.123. The lowest BCUT2D eigenvalue weighted by Crippen LogP contribution is -2.46. The van der Waals surface area contributed by atoms with Crippen molar-refractivity contribution in [2.45, 2.75) is 44.6 Å². The molecule has 0 bridgehead atoms. The first kappa shape index (κ1) is 12.8. The van der Waals surface area contributed by atoms with E-state index in [9.17, 15) is 4.79 Å². The SMILES string of the molecule is CC1(NC(=O)CCC2CCCNC2)CCOC1. The number of hydrogen-bond acceptors (Lipinski definition) is 3. The molecule has 17 heavy (non-hydrogen) atoms. The van der Waals surface area contributed by atoms with Crippen LogP contribution in [0, 0.1) is 5.92 Å². The number of hydrogen-bond donors (Lipinski definition) is 2. The van der Waals surface area contributed by atoms with Gasteiger partial charge in [0.05, 0.1) is 12.1 Å². The predicted molar refractivity (Wildman–Crippen MR) is 66.8 cm³/mol. The Balaban J connectivity index is 1.66. The fourth-order valence-electron chi connectivity index (χ4n) is 2.67. The summed E-state index contributed by atoms with van der Waals surface area (Å²) in [7, 11) is 0. The second-order valence-corrected chi connectivity index (χ2v) is 5.66. The number of amides is 1. The Kier molecular flexibility index (Phi) is 4.40. The largest absolute Gasteiger partial charge is 0.379 e. The highest BCUT2D eigenvalue weighted by Crippen LogP contribution is 2.19. The highest BCUT2D eigenvalue weighted by Gasteiger charge is 2.31. The van der Waals surface area contributed by atoms with Crippen LogP contribution >= 0.6 is 0 Å². The molecule has 0 aliphatic carbocycles. The van der Waals surface area contributed by atoms with Crippen LogP contribution in [0.25, 0.3) is 0 Å². The maximum absolute atomic E-state index is 11.9. The summed E-state index contributed by atoms with van der Waals surface area (Å²) in [5, 5.41) is 6.50. The first-order valence-electron chi connectivity index (χ1n) is 6.77. The molecule has 2 rings (SSSR count). The third kappa shape index (κ3) is 3.96. The van der Waals surface area contributed by atoms with Crippen LogP contribution in [0.3, 0.4) is 0 Å². The maximum Gasteiger partial charge on any atom is 0.220 e. The minimum Gasteiger partial charge on any atom is -0.379 e. The molecule has 2 aliphatic heterocycles. The van der Waals surface area contributed by atoms with E-state index in [0.29, 0.717) is 18.9 Å². The Morgan fingerprint density at radius 3 is 3.12 bits per heavy atom. The topological polar surface area (TPSA) is 50.4 Å². The molecule has 2 aliphatic rings. The van der Waals surface area contributed by atoms with Crippen LogP contribution < -0.4 is 10.6 Å². The summed E-state index contributed by atoms with van der Waals surface area (Å²) >= 11 is 0. The number of carbonyl (C=O) groups excluding carboxylic acids is 1. The molecule has 2 N–H and O–H groups in total. The Morgan fingerprint density at radius 1 is 1.59 bits per heavy atom. The van der Waals surface area contributed by atoms with Crippen molar-refractivity contribution in [1.29, 1.82) is 0 Å². The lowest BCUT2D eigenvalue weighted by atomic mass is 9.94. The molecule has 0 aromatic heterocycles. The molecular formula is C13H24N2O2. The van der Waals surface area contributed by atoms with E-state index in [0.717, 1.165) is 32.5 Å². The van der Waals surface area contributed by atoms with Crippen molar-refractivity contribution in [2.75, 3.05) is 26.3 Å². The van der Waals surface area contributed by atoms with Crippen molar-refractivity contribution in [3.8, 4) is 0 Å². The highest BCUT2D eigenvalue weighted by molar-refractivity contribution is 5.76. The molecule has 0 aromatic rings. The van der Waals surface area contributed by atoms with Crippen molar-refractivity contribution in [3.05, 3.63) is 0 Å². The Bertz CT molecular complexity index is 256. The van der Waals surface area contributed by atoms with Crippen LogP contribution in [0.1, 0.15) is 39.0 Å². The van der Waals surface area contributed by atoms with E-state index >= 15 is 0 Å². The lowest BCUT2D eigenvalue weighted by Gasteiger charge is -2.25. The van der Waals surface area contributed by atoms with Gasteiger partial charge in [-0.25, -0.2) is 0 Å². The summed E-state index contributed by atoms with van der Waals surface area (Å²) in [6.07, 6.45) is 5.11. The fourth-order valence-corrected chi connectivity index (χ4v) is 2.67. The van der Waals surface area contributed by atoms with Gasteiger partial charge in [-0.2, -0.15) is 0 Å². The number of nitrogens with one attached hydrogen (secondary N) is 2. The number of carbonyl (C=O) groups is 1. The third-order valence-electron chi connectivity index (χ3n) is 3.84. The Labute approximate surface area is 103 Å². The monoisotopic (exact) mass is 240 g/mol. The van der Waals surface area contributed by atoms with Gasteiger partial charge < -0.3 is 15.4 Å². The van der Waals surface area contributed by atoms with Crippen LogP contribution in [-0.4, -0.2) is 37.7 Å². The van der Waals surface area contributed by atoms with Gasteiger partial charge in [0.1, 0.15) is 0 Å². The molecule has 2 atom stereocenters. The van der Waals surface area contributed by atoms with E-state index in [2.05, 4.69) is 17.6 Å². The molecule has 2 unspecified atom stereocenters. The molecule has 2 saturated heterocycles. The van der Waals surface area contributed by atoms with E-state index in [4.69, 9.17) is 4.74 Å². The second kappa shape index (κ2) is 5.83. The zero-order valence-electron chi connectivity index (χ0n) is 10.8. The molecule has 4 nitrogen and oxygen atoms in total. The van der Waals surface area contributed by atoms with Gasteiger partial charge in [0.2, 0.25) is 5.91 Å².